The number of furan rings is 1. The highest BCUT2D eigenvalue weighted by molar-refractivity contribution is 5.97. The molecule has 0 unspecified atom stereocenters. The van der Waals surface area contributed by atoms with E-state index in [2.05, 4.69) is 10.6 Å². The average molecular weight is 389 g/mol. The Hall–Kier alpha value is -3.82. The van der Waals surface area contributed by atoms with E-state index in [1.54, 1.807) is 24.3 Å². The van der Waals surface area contributed by atoms with E-state index in [4.69, 9.17) is 13.9 Å². The van der Waals surface area contributed by atoms with Crippen molar-refractivity contribution < 1.29 is 33.1 Å². The van der Waals surface area contributed by atoms with Gasteiger partial charge >= 0.3 is 12.0 Å². The monoisotopic (exact) mass is 389 g/mol. The van der Waals surface area contributed by atoms with Crippen LogP contribution >= 0.6 is 0 Å². The van der Waals surface area contributed by atoms with Crippen molar-refractivity contribution in [3.8, 4) is 5.75 Å². The molecule has 0 spiro atoms. The van der Waals surface area contributed by atoms with Crippen molar-refractivity contribution in [1.29, 1.82) is 0 Å². The lowest BCUT2D eigenvalue weighted by Gasteiger charge is -2.08. The van der Waals surface area contributed by atoms with E-state index in [0.717, 1.165) is 0 Å². The van der Waals surface area contributed by atoms with Crippen LogP contribution in [-0.2, 0) is 20.9 Å². The molecule has 1 heterocycles. The number of hydrogen-bond donors (Lipinski definition) is 3. The Morgan fingerprint density at radius 1 is 1.04 bits per heavy atom. The van der Waals surface area contributed by atoms with E-state index >= 15 is 0 Å². The number of imide groups is 1. The Kier molecular flexibility index (Phi) is 7.58. The second-order valence-corrected chi connectivity index (χ2v) is 5.38. The summed E-state index contributed by atoms with van der Waals surface area (Å²) in [5.41, 5.74) is 0.333. The highest BCUT2D eigenvalue weighted by Crippen LogP contribution is 2.10. The van der Waals surface area contributed by atoms with Gasteiger partial charge in [-0.1, -0.05) is 0 Å². The summed E-state index contributed by atoms with van der Waals surface area (Å²) < 4.78 is 14.7. The number of nitrogens with one attached hydrogen (secondary N) is 3. The minimum atomic E-state index is -0.826. The molecule has 4 amide bonds. The number of carbonyl (C=O) groups excluding carboxylic acids is 4. The van der Waals surface area contributed by atoms with Crippen molar-refractivity contribution >= 4 is 23.8 Å². The summed E-state index contributed by atoms with van der Waals surface area (Å²) in [7, 11) is 1.50. The highest BCUT2D eigenvalue weighted by atomic mass is 16.5. The van der Waals surface area contributed by atoms with Gasteiger partial charge in [0.05, 0.1) is 19.9 Å². The molecule has 10 nitrogen and oxygen atoms in total. The fraction of sp³-hybridized carbons (Fsp3) is 0.222. The zero-order valence-corrected chi connectivity index (χ0v) is 15.0. The lowest BCUT2D eigenvalue weighted by atomic mass is 10.2. The summed E-state index contributed by atoms with van der Waals surface area (Å²) in [6.45, 7) is -0.989. The van der Waals surface area contributed by atoms with Crippen LogP contribution in [0.2, 0.25) is 0 Å². The number of amides is 4. The molecule has 28 heavy (non-hydrogen) atoms. The zero-order chi connectivity index (χ0) is 20.4. The Bertz CT molecular complexity index is 816. The molecule has 0 fully saturated rings. The minimum Gasteiger partial charge on any atom is -0.497 e. The first-order valence-electron chi connectivity index (χ1n) is 8.16. The van der Waals surface area contributed by atoms with Crippen LogP contribution in [0, 0.1) is 0 Å². The molecular formula is C18H19N3O7. The molecule has 10 heteroatoms. The Labute approximate surface area is 160 Å². The second kappa shape index (κ2) is 10.4. The second-order valence-electron chi connectivity index (χ2n) is 5.38. The van der Waals surface area contributed by atoms with Crippen LogP contribution in [0.5, 0.6) is 5.75 Å². The molecule has 0 radical (unpaired) electrons. The molecule has 0 saturated carbocycles. The van der Waals surface area contributed by atoms with Gasteiger partial charge in [0.25, 0.3) is 11.8 Å². The van der Waals surface area contributed by atoms with E-state index in [1.165, 1.54) is 25.5 Å². The molecule has 0 aliphatic rings. The van der Waals surface area contributed by atoms with Crippen molar-refractivity contribution in [1.82, 2.24) is 16.0 Å². The topological polar surface area (TPSA) is 136 Å². The van der Waals surface area contributed by atoms with Gasteiger partial charge in [0, 0.05) is 5.56 Å². The molecule has 2 aromatic rings. The first kappa shape index (κ1) is 20.5. The standard InChI is InChI=1S/C18H19N3O7/c1-26-13-6-4-12(5-7-13)17(24)19-10-16(23)28-11-15(22)21-18(25)20-9-14-3-2-8-27-14/h2-8H,9-11H2,1H3,(H,19,24)(H2,20,21,22,25). The molecular weight excluding hydrogens is 370 g/mol. The predicted molar refractivity (Wildman–Crippen MR) is 95.4 cm³/mol. The maximum atomic E-state index is 11.9. The SMILES string of the molecule is COc1ccc(C(=O)NCC(=O)OCC(=O)NC(=O)NCc2ccco2)cc1. The molecule has 2 rings (SSSR count). The summed E-state index contributed by atoms with van der Waals surface area (Å²) >= 11 is 0. The van der Waals surface area contributed by atoms with E-state index in [1.807, 2.05) is 5.32 Å². The number of ether oxygens (including phenoxy) is 2. The third kappa shape index (κ3) is 6.83. The summed E-state index contributed by atoms with van der Waals surface area (Å²) in [5.74, 6) is -1.02. The van der Waals surface area contributed by atoms with Gasteiger partial charge in [0.2, 0.25) is 0 Å². The zero-order valence-electron chi connectivity index (χ0n) is 15.0. The van der Waals surface area contributed by atoms with E-state index in [-0.39, 0.29) is 6.54 Å². The van der Waals surface area contributed by atoms with Crippen LogP contribution in [-0.4, -0.2) is 44.1 Å². The van der Waals surface area contributed by atoms with Crippen molar-refractivity contribution in [2.45, 2.75) is 6.54 Å². The summed E-state index contributed by atoms with van der Waals surface area (Å²) in [5, 5.41) is 6.75. The van der Waals surface area contributed by atoms with Crippen molar-refractivity contribution in [3.05, 3.63) is 54.0 Å². The van der Waals surface area contributed by atoms with Crippen molar-refractivity contribution in [3.63, 3.8) is 0 Å². The highest BCUT2D eigenvalue weighted by Gasteiger charge is 2.13. The fourth-order valence-electron chi connectivity index (χ4n) is 1.98. The molecule has 1 aromatic heterocycles. The van der Waals surface area contributed by atoms with Crippen LogP contribution in [0.4, 0.5) is 4.79 Å². The number of carbonyl (C=O) groups is 4. The third-order valence-corrected chi connectivity index (χ3v) is 3.37. The smallest absolute Gasteiger partial charge is 0.325 e. The molecule has 1 aromatic carbocycles. The van der Waals surface area contributed by atoms with Gasteiger partial charge in [-0.05, 0) is 36.4 Å². The van der Waals surface area contributed by atoms with Gasteiger partial charge in [0.1, 0.15) is 18.1 Å². The Balaban J connectivity index is 1.63. The number of esters is 1. The quantitative estimate of drug-likeness (QED) is 0.562. The van der Waals surface area contributed by atoms with E-state index in [9.17, 15) is 19.2 Å². The van der Waals surface area contributed by atoms with Gasteiger partial charge in [-0.3, -0.25) is 19.7 Å². The van der Waals surface area contributed by atoms with E-state index < -0.39 is 37.0 Å². The maximum absolute atomic E-state index is 11.9. The minimum absolute atomic E-state index is 0.100. The number of methoxy groups -OCH3 is 1. The fourth-order valence-corrected chi connectivity index (χ4v) is 1.98. The normalized spacial score (nSPS) is 9.89. The van der Waals surface area contributed by atoms with Crippen LogP contribution in [0.1, 0.15) is 16.1 Å². The van der Waals surface area contributed by atoms with Crippen LogP contribution in [0.3, 0.4) is 0 Å². The number of hydrogen-bond acceptors (Lipinski definition) is 7. The molecule has 0 saturated heterocycles. The molecule has 0 bridgehead atoms. The van der Waals surface area contributed by atoms with Crippen LogP contribution in [0.15, 0.2) is 47.1 Å². The largest absolute Gasteiger partial charge is 0.497 e. The van der Waals surface area contributed by atoms with Crippen LogP contribution in [0.25, 0.3) is 0 Å². The van der Waals surface area contributed by atoms with Gasteiger partial charge in [0.15, 0.2) is 6.61 Å². The van der Waals surface area contributed by atoms with Gasteiger partial charge in [-0.25, -0.2) is 4.79 Å². The first-order chi connectivity index (χ1) is 13.5. The van der Waals surface area contributed by atoms with Crippen LogP contribution < -0.4 is 20.7 Å². The van der Waals surface area contributed by atoms with Gasteiger partial charge in [-0.2, -0.15) is 0 Å². The average Bonchev–Trinajstić information content (AvgIpc) is 3.22. The van der Waals surface area contributed by atoms with Crippen molar-refractivity contribution in [2.75, 3.05) is 20.3 Å². The summed E-state index contributed by atoms with van der Waals surface area (Å²) in [4.78, 5) is 46.6. The third-order valence-electron chi connectivity index (χ3n) is 3.37. The maximum Gasteiger partial charge on any atom is 0.325 e. The lowest BCUT2D eigenvalue weighted by Crippen LogP contribution is -2.41. The molecule has 0 aliphatic carbocycles. The molecule has 3 N–H and O–H groups in total. The molecule has 0 atom stereocenters. The molecule has 148 valence electrons. The first-order valence-corrected chi connectivity index (χ1v) is 8.16. The number of benzene rings is 1. The van der Waals surface area contributed by atoms with E-state index in [0.29, 0.717) is 17.1 Å². The predicted octanol–water partition coefficient (Wildman–Crippen LogP) is 0.587. The lowest BCUT2D eigenvalue weighted by molar-refractivity contribution is -0.147. The van der Waals surface area contributed by atoms with Gasteiger partial charge in [-0.15, -0.1) is 0 Å². The number of rotatable bonds is 8. The molecule has 0 aliphatic heterocycles. The summed E-state index contributed by atoms with van der Waals surface area (Å²) in [6.07, 6.45) is 1.45. The Morgan fingerprint density at radius 3 is 2.43 bits per heavy atom. The Morgan fingerprint density at radius 2 is 1.79 bits per heavy atom. The van der Waals surface area contributed by atoms with Gasteiger partial charge < -0.3 is 24.5 Å². The van der Waals surface area contributed by atoms with Crippen molar-refractivity contribution in [2.24, 2.45) is 0 Å². The number of urea groups is 1. The summed E-state index contributed by atoms with van der Waals surface area (Å²) in [6, 6.07) is 8.84.